The summed E-state index contributed by atoms with van der Waals surface area (Å²) in [4.78, 5) is 18.6. The van der Waals surface area contributed by atoms with E-state index in [2.05, 4.69) is 15.0 Å². The van der Waals surface area contributed by atoms with E-state index in [4.69, 9.17) is 9.26 Å². The maximum Gasteiger partial charge on any atom is 0.416 e. The number of halogens is 3. The Bertz CT molecular complexity index is 883. The Morgan fingerprint density at radius 1 is 1.31 bits per heavy atom. The summed E-state index contributed by atoms with van der Waals surface area (Å²) in [5.74, 6) is 0.522. The van der Waals surface area contributed by atoms with E-state index < -0.39 is 11.7 Å². The van der Waals surface area contributed by atoms with Crippen LogP contribution >= 0.6 is 0 Å². The second kappa shape index (κ2) is 7.78. The largest absolute Gasteiger partial charge is 0.468 e. The fourth-order valence-corrected chi connectivity index (χ4v) is 4.58. The number of nitrogens with zero attached hydrogens (tertiary/aromatic N) is 3. The van der Waals surface area contributed by atoms with Gasteiger partial charge in [-0.1, -0.05) is 30.1 Å². The summed E-state index contributed by atoms with van der Waals surface area (Å²) in [7, 11) is 1.38. The van der Waals surface area contributed by atoms with Crippen LogP contribution in [0.1, 0.15) is 43.6 Å². The van der Waals surface area contributed by atoms with E-state index in [-0.39, 0.29) is 41.9 Å². The second-order valence-corrected chi connectivity index (χ2v) is 7.65. The molecule has 0 spiro atoms. The van der Waals surface area contributed by atoms with Gasteiger partial charge in [-0.15, -0.1) is 0 Å². The van der Waals surface area contributed by atoms with E-state index in [0.717, 1.165) is 44.2 Å². The third kappa shape index (κ3) is 4.01. The van der Waals surface area contributed by atoms with Crippen molar-refractivity contribution in [3.8, 4) is 11.4 Å². The molecule has 3 unspecified atom stereocenters. The number of esters is 1. The molecule has 1 aliphatic carbocycles. The molecule has 0 amide bonds. The van der Waals surface area contributed by atoms with Crippen molar-refractivity contribution in [2.24, 2.45) is 5.92 Å². The van der Waals surface area contributed by atoms with Gasteiger partial charge in [0.15, 0.2) is 0 Å². The van der Waals surface area contributed by atoms with E-state index >= 15 is 0 Å². The molecule has 1 saturated carbocycles. The van der Waals surface area contributed by atoms with Gasteiger partial charge in [0, 0.05) is 11.6 Å². The van der Waals surface area contributed by atoms with Crippen LogP contribution in [0.25, 0.3) is 11.4 Å². The van der Waals surface area contributed by atoms with Gasteiger partial charge in [0.1, 0.15) is 6.04 Å². The Hall–Kier alpha value is -2.42. The first-order valence-electron chi connectivity index (χ1n) is 9.70. The quantitative estimate of drug-likeness (QED) is 0.710. The van der Waals surface area contributed by atoms with Crippen molar-refractivity contribution in [1.29, 1.82) is 0 Å². The summed E-state index contributed by atoms with van der Waals surface area (Å²) in [6, 6.07) is 4.70. The Kier molecular flexibility index (Phi) is 5.33. The molecule has 2 aliphatic rings. The topological polar surface area (TPSA) is 68.5 Å². The Morgan fingerprint density at radius 3 is 2.86 bits per heavy atom. The number of hydrogen-bond acceptors (Lipinski definition) is 6. The summed E-state index contributed by atoms with van der Waals surface area (Å²) in [5.41, 5.74) is -0.534. The first-order valence-corrected chi connectivity index (χ1v) is 9.70. The molecule has 1 aromatic carbocycles. The normalized spacial score (nSPS) is 25.0. The summed E-state index contributed by atoms with van der Waals surface area (Å²) in [5, 5.41) is 3.85. The molecule has 1 aliphatic heterocycles. The van der Waals surface area contributed by atoms with Crippen LogP contribution in [0.4, 0.5) is 13.2 Å². The molecular formula is C20H22F3N3O3. The van der Waals surface area contributed by atoms with Gasteiger partial charge in [-0.05, 0) is 37.3 Å². The molecule has 29 heavy (non-hydrogen) atoms. The predicted molar refractivity (Wildman–Crippen MR) is 96.4 cm³/mol. The minimum absolute atomic E-state index is 0.0973. The van der Waals surface area contributed by atoms with Crippen LogP contribution in [-0.4, -0.2) is 40.2 Å². The van der Waals surface area contributed by atoms with E-state index in [0.29, 0.717) is 5.92 Å². The molecule has 156 valence electrons. The lowest BCUT2D eigenvalue weighted by atomic mass is 9.85. The zero-order chi connectivity index (χ0) is 20.6. The monoisotopic (exact) mass is 409 g/mol. The van der Waals surface area contributed by atoms with Crippen LogP contribution in [-0.2, 0) is 22.3 Å². The van der Waals surface area contributed by atoms with Gasteiger partial charge in [-0.25, -0.2) is 0 Å². The highest BCUT2D eigenvalue weighted by molar-refractivity contribution is 5.76. The third-order valence-electron chi connectivity index (χ3n) is 5.93. The summed E-state index contributed by atoms with van der Waals surface area (Å²) >= 11 is 0. The SMILES string of the molecule is COC(=O)C1CC2CCCCC2N1Cc1nc(-c2cccc(C(F)(F)F)c2)no1. The number of carbonyl (C=O) groups is 1. The van der Waals surface area contributed by atoms with Crippen molar-refractivity contribution < 1.29 is 27.2 Å². The van der Waals surface area contributed by atoms with E-state index in [1.165, 1.54) is 19.2 Å². The number of benzene rings is 1. The van der Waals surface area contributed by atoms with Crippen molar-refractivity contribution in [2.75, 3.05) is 7.11 Å². The van der Waals surface area contributed by atoms with Crippen molar-refractivity contribution in [3.63, 3.8) is 0 Å². The maximum absolute atomic E-state index is 13.0. The van der Waals surface area contributed by atoms with Gasteiger partial charge in [-0.2, -0.15) is 18.2 Å². The Morgan fingerprint density at radius 2 is 2.10 bits per heavy atom. The number of fused-ring (bicyclic) bond motifs is 1. The molecule has 4 rings (SSSR count). The Labute approximate surface area is 166 Å². The highest BCUT2D eigenvalue weighted by atomic mass is 19.4. The smallest absolute Gasteiger partial charge is 0.416 e. The van der Waals surface area contributed by atoms with Crippen LogP contribution in [0.5, 0.6) is 0 Å². The standard InChI is InChI=1S/C20H22F3N3O3/c1-28-19(27)16-10-12-5-2-3-8-15(12)26(16)11-17-24-18(25-29-17)13-6-4-7-14(9-13)20(21,22)23/h4,6-7,9,12,15-16H,2-3,5,8,10-11H2,1H3. The molecular weight excluding hydrogens is 387 g/mol. The Balaban J connectivity index is 1.55. The van der Waals surface area contributed by atoms with Gasteiger partial charge < -0.3 is 9.26 Å². The van der Waals surface area contributed by atoms with Gasteiger partial charge >= 0.3 is 12.1 Å². The van der Waals surface area contributed by atoms with Crippen molar-refractivity contribution in [1.82, 2.24) is 15.0 Å². The molecule has 6 nitrogen and oxygen atoms in total. The first kappa shape index (κ1) is 19.9. The zero-order valence-electron chi connectivity index (χ0n) is 16.0. The van der Waals surface area contributed by atoms with Gasteiger partial charge in [0.25, 0.3) is 0 Å². The van der Waals surface area contributed by atoms with Crippen molar-refractivity contribution >= 4 is 5.97 Å². The number of carbonyl (C=O) groups excluding carboxylic acids is 1. The molecule has 0 radical (unpaired) electrons. The molecule has 0 bridgehead atoms. The fourth-order valence-electron chi connectivity index (χ4n) is 4.58. The average molecular weight is 409 g/mol. The molecule has 0 N–H and O–H groups in total. The average Bonchev–Trinajstić information content (AvgIpc) is 3.32. The van der Waals surface area contributed by atoms with Crippen molar-refractivity contribution in [2.45, 2.75) is 56.9 Å². The molecule has 1 saturated heterocycles. The van der Waals surface area contributed by atoms with Gasteiger partial charge in [0.05, 0.1) is 19.2 Å². The number of alkyl halides is 3. The number of rotatable bonds is 4. The number of hydrogen-bond donors (Lipinski definition) is 0. The number of ether oxygens (including phenoxy) is 1. The lowest BCUT2D eigenvalue weighted by Gasteiger charge is -2.32. The number of likely N-dealkylation sites (tertiary alicyclic amines) is 1. The number of methoxy groups -OCH3 is 1. The fraction of sp³-hybridized carbons (Fsp3) is 0.550. The van der Waals surface area contributed by atoms with E-state index in [1.54, 1.807) is 0 Å². The molecule has 2 heterocycles. The molecule has 2 aromatic rings. The molecule has 3 atom stereocenters. The summed E-state index contributed by atoms with van der Waals surface area (Å²) < 4.78 is 49.1. The maximum atomic E-state index is 13.0. The predicted octanol–water partition coefficient (Wildman–Crippen LogP) is 4.06. The lowest BCUT2D eigenvalue weighted by Crippen LogP contribution is -2.42. The van der Waals surface area contributed by atoms with E-state index in [1.807, 2.05) is 0 Å². The molecule has 9 heteroatoms. The minimum Gasteiger partial charge on any atom is -0.468 e. The van der Waals surface area contributed by atoms with Crippen LogP contribution in [0, 0.1) is 5.92 Å². The molecule has 1 aromatic heterocycles. The van der Waals surface area contributed by atoms with Gasteiger partial charge in [0.2, 0.25) is 11.7 Å². The lowest BCUT2D eigenvalue weighted by molar-refractivity contribution is -0.146. The van der Waals surface area contributed by atoms with Crippen molar-refractivity contribution in [3.05, 3.63) is 35.7 Å². The summed E-state index contributed by atoms with van der Waals surface area (Å²) in [6.07, 6.45) is 0.628. The van der Waals surface area contributed by atoms with Gasteiger partial charge in [-0.3, -0.25) is 9.69 Å². The van der Waals surface area contributed by atoms with Crippen LogP contribution in [0.15, 0.2) is 28.8 Å². The van der Waals surface area contributed by atoms with E-state index in [9.17, 15) is 18.0 Å². The number of aromatic nitrogens is 2. The van der Waals surface area contributed by atoms with Crippen LogP contribution in [0.3, 0.4) is 0 Å². The first-order chi connectivity index (χ1) is 13.9. The van der Waals surface area contributed by atoms with Crippen LogP contribution < -0.4 is 0 Å². The zero-order valence-corrected chi connectivity index (χ0v) is 16.0. The highest BCUT2D eigenvalue weighted by Gasteiger charge is 2.46. The third-order valence-corrected chi connectivity index (χ3v) is 5.93. The van der Waals surface area contributed by atoms with Crippen LogP contribution in [0.2, 0.25) is 0 Å². The molecule has 2 fully saturated rings. The minimum atomic E-state index is -4.44. The summed E-state index contributed by atoms with van der Waals surface area (Å²) in [6.45, 7) is 0.271. The second-order valence-electron chi connectivity index (χ2n) is 7.65. The highest BCUT2D eigenvalue weighted by Crippen LogP contribution is 2.41.